The lowest BCUT2D eigenvalue weighted by molar-refractivity contribution is -0.122. The maximum absolute atomic E-state index is 12.8. The van der Waals surface area contributed by atoms with E-state index in [1.165, 1.54) is 11.6 Å². The maximum atomic E-state index is 12.8. The lowest BCUT2D eigenvalue weighted by Crippen LogP contribution is -2.59. The smallest absolute Gasteiger partial charge is 0.410 e. The second kappa shape index (κ2) is 14.2. The first-order valence-corrected chi connectivity index (χ1v) is 16.8. The van der Waals surface area contributed by atoms with Gasteiger partial charge in [0.1, 0.15) is 10.6 Å². The van der Waals surface area contributed by atoms with E-state index in [-0.39, 0.29) is 35.5 Å². The van der Waals surface area contributed by atoms with E-state index in [2.05, 4.69) is 39.3 Å². The molecule has 48 heavy (non-hydrogen) atoms. The minimum absolute atomic E-state index is 0.0212. The Kier molecular flexibility index (Phi) is 10.4. The highest BCUT2D eigenvalue weighted by molar-refractivity contribution is 6.32. The van der Waals surface area contributed by atoms with Crippen LogP contribution in [0.15, 0.2) is 35.3 Å². The van der Waals surface area contributed by atoms with Gasteiger partial charge in [-0.1, -0.05) is 11.6 Å². The van der Waals surface area contributed by atoms with E-state index in [9.17, 15) is 14.4 Å². The van der Waals surface area contributed by atoms with Crippen LogP contribution in [0.4, 0.5) is 22.2 Å². The van der Waals surface area contributed by atoms with Crippen LogP contribution in [0.2, 0.25) is 5.02 Å². The number of carbonyl (C=O) groups is 2. The predicted molar refractivity (Wildman–Crippen MR) is 187 cm³/mol. The number of piperidine rings is 1. The van der Waals surface area contributed by atoms with Gasteiger partial charge in [0, 0.05) is 70.0 Å². The summed E-state index contributed by atoms with van der Waals surface area (Å²) < 4.78 is 12.6. The molecule has 2 saturated heterocycles. The van der Waals surface area contributed by atoms with Crippen LogP contribution in [0.5, 0.6) is 5.75 Å². The molecule has 0 unspecified atom stereocenters. The van der Waals surface area contributed by atoms with Crippen molar-refractivity contribution in [2.75, 3.05) is 63.1 Å². The fraction of sp³-hybridized carbons (Fsp3) is 0.559. The number of likely N-dealkylation sites (tertiary alicyclic amines) is 1. The topological polar surface area (TPSA) is 134 Å². The Balaban J connectivity index is 1.22. The van der Waals surface area contributed by atoms with Crippen molar-refractivity contribution in [2.24, 2.45) is 13.0 Å². The highest BCUT2D eigenvalue weighted by atomic mass is 35.5. The fourth-order valence-corrected chi connectivity index (χ4v) is 6.56. The zero-order chi connectivity index (χ0) is 34.8. The van der Waals surface area contributed by atoms with Crippen LogP contribution in [0.3, 0.4) is 0 Å². The summed E-state index contributed by atoms with van der Waals surface area (Å²) in [7, 11) is 3.17. The maximum Gasteiger partial charge on any atom is 0.410 e. The third-order valence-corrected chi connectivity index (χ3v) is 9.62. The highest BCUT2D eigenvalue weighted by Gasteiger charge is 2.40. The first-order chi connectivity index (χ1) is 22.7. The van der Waals surface area contributed by atoms with E-state index in [1.54, 1.807) is 19.3 Å². The zero-order valence-corrected chi connectivity index (χ0v) is 29.7. The number of hydrogen-bond acceptors (Lipinski definition) is 10. The largest absolute Gasteiger partial charge is 0.478 e. The van der Waals surface area contributed by atoms with Crippen molar-refractivity contribution < 1.29 is 19.1 Å². The number of aromatic nitrogens is 3. The van der Waals surface area contributed by atoms with Gasteiger partial charge in [-0.05, 0) is 77.6 Å². The number of amides is 2. The zero-order valence-electron chi connectivity index (χ0n) is 28.9. The molecule has 0 aliphatic carbocycles. The van der Waals surface area contributed by atoms with Crippen molar-refractivity contribution in [3.05, 3.63) is 45.8 Å². The van der Waals surface area contributed by atoms with E-state index in [0.29, 0.717) is 47.0 Å². The van der Waals surface area contributed by atoms with Gasteiger partial charge in [0.25, 0.3) is 11.5 Å². The molecule has 5 rings (SSSR count). The van der Waals surface area contributed by atoms with E-state index in [0.717, 1.165) is 44.4 Å². The van der Waals surface area contributed by atoms with E-state index in [4.69, 9.17) is 26.1 Å². The van der Waals surface area contributed by atoms with Gasteiger partial charge in [-0.15, -0.1) is 0 Å². The lowest BCUT2D eigenvalue weighted by Gasteiger charge is -2.50. The average molecular weight is 683 g/mol. The Morgan fingerprint density at radius 1 is 1.02 bits per heavy atom. The molecular formula is C34H47ClN8O5. The van der Waals surface area contributed by atoms with Gasteiger partial charge in [0.05, 0.1) is 11.7 Å². The van der Waals surface area contributed by atoms with Crippen LogP contribution in [-0.4, -0.2) is 100 Å². The molecule has 0 spiro atoms. The second-order valence-electron chi connectivity index (χ2n) is 14.0. The Morgan fingerprint density at radius 3 is 2.35 bits per heavy atom. The molecule has 2 amide bonds. The third kappa shape index (κ3) is 7.95. The summed E-state index contributed by atoms with van der Waals surface area (Å²) in [4.78, 5) is 52.9. The number of aryl methyl sites for hydroxylation is 1. The van der Waals surface area contributed by atoms with Crippen molar-refractivity contribution in [1.29, 1.82) is 0 Å². The van der Waals surface area contributed by atoms with Gasteiger partial charge in [-0.25, -0.2) is 9.78 Å². The first-order valence-electron chi connectivity index (χ1n) is 16.4. The predicted octanol–water partition coefficient (Wildman–Crippen LogP) is 4.40. The van der Waals surface area contributed by atoms with Crippen molar-refractivity contribution >= 4 is 52.0 Å². The van der Waals surface area contributed by atoms with Crippen molar-refractivity contribution in [1.82, 2.24) is 29.7 Å². The Hall–Kier alpha value is -4.10. The molecule has 4 heterocycles. The van der Waals surface area contributed by atoms with Gasteiger partial charge in [-0.2, -0.15) is 4.98 Å². The molecule has 1 aromatic carbocycles. The third-order valence-electron chi connectivity index (χ3n) is 9.35. The van der Waals surface area contributed by atoms with E-state index >= 15 is 0 Å². The summed E-state index contributed by atoms with van der Waals surface area (Å²) in [5.41, 5.74) is 0.581. The lowest BCUT2D eigenvalue weighted by atomic mass is 9.79. The quantitative estimate of drug-likeness (QED) is 0.352. The number of ether oxygens (including phenoxy) is 2. The molecule has 0 bridgehead atoms. The van der Waals surface area contributed by atoms with Gasteiger partial charge in [-0.3, -0.25) is 14.5 Å². The van der Waals surface area contributed by atoms with E-state index in [1.807, 2.05) is 43.9 Å². The van der Waals surface area contributed by atoms with Crippen molar-refractivity contribution in [3.63, 3.8) is 0 Å². The molecule has 260 valence electrons. The van der Waals surface area contributed by atoms with Crippen LogP contribution in [0.25, 0.3) is 10.9 Å². The van der Waals surface area contributed by atoms with Crippen LogP contribution in [-0.2, 0) is 16.6 Å². The number of nitrogens with one attached hydrogen (secondary N) is 2. The number of anilines is 3. The van der Waals surface area contributed by atoms with Gasteiger partial charge in [0.15, 0.2) is 18.2 Å². The Bertz CT molecular complexity index is 1710. The summed E-state index contributed by atoms with van der Waals surface area (Å²) >= 11 is 6.54. The molecule has 0 saturated carbocycles. The number of hydrogen-bond donors (Lipinski definition) is 2. The van der Waals surface area contributed by atoms with Crippen LogP contribution < -0.4 is 25.8 Å². The SMILES string of the molecule is CNC(=O)COc1cc2cc(Nc3nc(N4CCN(C(C)(C)C5CCN(C(=O)OC(C)(C)C)CC5)CC4)ncc3Cl)ccc2n(C)c1=O. The number of halogens is 1. The molecule has 0 radical (unpaired) electrons. The molecule has 3 aromatic rings. The fourth-order valence-electron chi connectivity index (χ4n) is 6.42. The highest BCUT2D eigenvalue weighted by Crippen LogP contribution is 2.35. The Labute approximate surface area is 286 Å². The number of fused-ring (bicyclic) bond motifs is 1. The monoisotopic (exact) mass is 682 g/mol. The standard InChI is InChI=1S/C34H47ClN8O5/c1-33(2,3)48-32(46)42-12-10-23(11-13-42)34(4,5)43-16-14-41(15-17-43)31-37-20-25(35)29(39-31)38-24-8-9-26-22(18-24)19-27(30(45)40(26)7)47-21-28(44)36-6/h8-9,18-20,23H,10-17,21H2,1-7H3,(H,36,44)(H,37,38,39). The summed E-state index contributed by atoms with van der Waals surface area (Å²) in [6.45, 7) is 14.7. The average Bonchev–Trinajstić information content (AvgIpc) is 3.06. The minimum Gasteiger partial charge on any atom is -0.478 e. The van der Waals surface area contributed by atoms with Gasteiger partial charge < -0.3 is 34.5 Å². The number of carbonyl (C=O) groups excluding carboxylic acids is 2. The summed E-state index contributed by atoms with van der Waals surface area (Å²) in [6, 6.07) is 7.19. The molecular weight excluding hydrogens is 636 g/mol. The molecule has 2 aliphatic rings. The van der Waals surface area contributed by atoms with Crippen LogP contribution in [0, 0.1) is 5.92 Å². The number of piperazine rings is 1. The number of benzene rings is 1. The number of rotatable bonds is 8. The molecule has 0 atom stereocenters. The summed E-state index contributed by atoms with van der Waals surface area (Å²) in [6.07, 6.45) is 3.26. The van der Waals surface area contributed by atoms with Gasteiger partial charge >= 0.3 is 6.09 Å². The van der Waals surface area contributed by atoms with Crippen LogP contribution >= 0.6 is 11.6 Å². The van der Waals surface area contributed by atoms with E-state index < -0.39 is 5.60 Å². The molecule has 2 fully saturated rings. The molecule has 14 heteroatoms. The Morgan fingerprint density at radius 2 is 1.71 bits per heavy atom. The first kappa shape index (κ1) is 35.2. The minimum atomic E-state index is -0.493. The molecule has 2 N–H and O–H groups in total. The van der Waals surface area contributed by atoms with Crippen LogP contribution in [0.1, 0.15) is 47.5 Å². The number of likely N-dealkylation sites (N-methyl/N-ethyl adjacent to an activating group) is 1. The number of pyridine rings is 1. The summed E-state index contributed by atoms with van der Waals surface area (Å²) in [5.74, 6) is 1.29. The second-order valence-corrected chi connectivity index (χ2v) is 14.4. The summed E-state index contributed by atoms with van der Waals surface area (Å²) in [5, 5.41) is 6.91. The molecule has 2 aliphatic heterocycles. The normalized spacial score (nSPS) is 16.6. The van der Waals surface area contributed by atoms with Crippen molar-refractivity contribution in [3.8, 4) is 5.75 Å². The number of nitrogens with zero attached hydrogens (tertiary/aromatic N) is 6. The van der Waals surface area contributed by atoms with Crippen molar-refractivity contribution in [2.45, 2.75) is 58.6 Å². The van der Waals surface area contributed by atoms with Gasteiger partial charge in [0.2, 0.25) is 5.95 Å². The molecule has 13 nitrogen and oxygen atoms in total. The molecule has 2 aromatic heterocycles.